The molecule has 2 aromatic carbocycles. The summed E-state index contributed by atoms with van der Waals surface area (Å²) in [6.45, 7) is 4.54. The smallest absolute Gasteiger partial charge is 0.264 e. The number of nitrogens with zero attached hydrogens (tertiary/aromatic N) is 4. The second kappa shape index (κ2) is 15.6. The molecule has 1 N–H and O–H groups in total. The molecular weight excluding hydrogens is 719 g/mol. The Bertz CT molecular complexity index is 2240. The second-order valence-electron chi connectivity index (χ2n) is 15.3. The topological polar surface area (TPSA) is 134 Å². The summed E-state index contributed by atoms with van der Waals surface area (Å²) in [5.74, 6) is 0.276. The lowest BCUT2D eigenvalue weighted by molar-refractivity contribution is -0.0310. The van der Waals surface area contributed by atoms with Crippen LogP contribution < -0.4 is 9.46 Å². The molecule has 0 bridgehead atoms. The van der Waals surface area contributed by atoms with Crippen molar-refractivity contribution >= 4 is 44.4 Å². The summed E-state index contributed by atoms with van der Waals surface area (Å²) in [5, 5.41) is 5.14. The van der Waals surface area contributed by atoms with Gasteiger partial charge in [0, 0.05) is 42.2 Å². The summed E-state index contributed by atoms with van der Waals surface area (Å²) >= 11 is 0. The number of aryl methyl sites for hydroxylation is 1. The molecule has 4 aromatic rings. The summed E-state index contributed by atoms with van der Waals surface area (Å²) < 4.78 is 50.1. The molecule has 1 unspecified atom stereocenters. The minimum Gasteiger partial charge on any atom is -0.497 e. The quantitative estimate of drug-likeness (QED) is 0.193. The zero-order valence-electron chi connectivity index (χ0n) is 32.0. The Balaban J connectivity index is 1.28. The summed E-state index contributed by atoms with van der Waals surface area (Å²) in [5.41, 5.74) is 7.50. The fourth-order valence-electron chi connectivity index (χ4n) is 9.24. The molecule has 2 aliphatic heterocycles. The first kappa shape index (κ1) is 37.5. The number of nitrogens with one attached hydrogen (secondary N) is 1. The van der Waals surface area contributed by atoms with Crippen LogP contribution in [0.15, 0.2) is 42.6 Å². The van der Waals surface area contributed by atoms with Gasteiger partial charge in [-0.05, 0) is 91.6 Å². The Labute approximate surface area is 322 Å². The number of morpholine rings is 1. The lowest BCUT2D eigenvalue weighted by Crippen LogP contribution is -2.51. The lowest BCUT2D eigenvalue weighted by Gasteiger charge is -2.35. The molecular formula is C42H51N5O7S. The van der Waals surface area contributed by atoms with E-state index in [1.807, 2.05) is 43.1 Å². The Morgan fingerprint density at radius 3 is 2.55 bits per heavy atom. The SMILES string of the molecule is CCOCC1COCCN1C(=O)c1cnn(C)c1C1=Cc2cc(OC)ccc2-c2c(C3CCCCC3)c3ccc(C(=O)NS(=O)(=O)C4CCCC4)cc3n2C1. The number of benzene rings is 2. The van der Waals surface area contributed by atoms with Gasteiger partial charge >= 0.3 is 0 Å². The van der Waals surface area contributed by atoms with Gasteiger partial charge < -0.3 is 23.7 Å². The van der Waals surface area contributed by atoms with Gasteiger partial charge in [-0.3, -0.25) is 14.3 Å². The predicted octanol–water partition coefficient (Wildman–Crippen LogP) is 6.53. The van der Waals surface area contributed by atoms with Gasteiger partial charge in [-0.25, -0.2) is 13.1 Å². The van der Waals surface area contributed by atoms with E-state index in [2.05, 4.69) is 26.5 Å². The number of carbonyl (C=O) groups excluding carboxylic acids is 2. The first-order valence-corrected chi connectivity index (χ1v) is 21.3. The van der Waals surface area contributed by atoms with Crippen molar-refractivity contribution in [3.05, 3.63) is 70.5 Å². The van der Waals surface area contributed by atoms with Crippen molar-refractivity contribution in [1.82, 2.24) is 24.0 Å². The highest BCUT2D eigenvalue weighted by Crippen LogP contribution is 2.48. The number of fused-ring (bicyclic) bond motifs is 5. The van der Waals surface area contributed by atoms with Crippen LogP contribution in [0.5, 0.6) is 5.75 Å². The van der Waals surface area contributed by atoms with E-state index in [0.717, 1.165) is 71.8 Å². The standard InChI is InChI=1S/C42H51N5O7S/c1-4-53-25-31-26-54-19-18-46(31)42(49)36-23-43-45(2)39(36)30-20-29-21-32(52-3)15-17-34(29)40-38(27-10-6-5-7-11-27)35-16-14-28(22-37(35)47(40)24-30)41(48)44-55(50,51)33-12-8-9-13-33/h14-17,20-23,27,31,33H,4-13,18-19,24-26H2,1-3H3,(H,44,48). The van der Waals surface area contributed by atoms with Crippen molar-refractivity contribution < 1.29 is 32.2 Å². The highest BCUT2D eigenvalue weighted by molar-refractivity contribution is 7.90. The summed E-state index contributed by atoms with van der Waals surface area (Å²) in [6.07, 6.45) is 12.2. The fourth-order valence-corrected chi connectivity index (χ4v) is 10.7. The molecule has 4 aliphatic rings. The molecule has 0 spiro atoms. The molecule has 1 saturated heterocycles. The van der Waals surface area contributed by atoms with Crippen LogP contribution in [0.3, 0.4) is 0 Å². The summed E-state index contributed by atoms with van der Waals surface area (Å²) in [7, 11) is -0.289. The third-order valence-electron chi connectivity index (χ3n) is 12.0. The van der Waals surface area contributed by atoms with E-state index in [9.17, 15) is 18.0 Å². The van der Waals surface area contributed by atoms with Crippen LogP contribution in [0.4, 0.5) is 0 Å². The number of sulfonamides is 1. The first-order valence-electron chi connectivity index (χ1n) is 19.8. The van der Waals surface area contributed by atoms with Crippen molar-refractivity contribution in [3.8, 4) is 17.0 Å². The van der Waals surface area contributed by atoms with Gasteiger partial charge in [0.25, 0.3) is 11.8 Å². The number of hydrogen-bond acceptors (Lipinski definition) is 8. The van der Waals surface area contributed by atoms with E-state index < -0.39 is 21.2 Å². The predicted molar refractivity (Wildman–Crippen MR) is 212 cm³/mol. The van der Waals surface area contributed by atoms with Crippen molar-refractivity contribution in [2.75, 3.05) is 40.1 Å². The van der Waals surface area contributed by atoms with E-state index >= 15 is 0 Å². The van der Waals surface area contributed by atoms with E-state index in [1.165, 1.54) is 12.0 Å². The highest BCUT2D eigenvalue weighted by atomic mass is 32.2. The third kappa shape index (κ3) is 7.10. The second-order valence-corrected chi connectivity index (χ2v) is 17.3. The average Bonchev–Trinajstić information content (AvgIpc) is 3.93. The van der Waals surface area contributed by atoms with E-state index in [4.69, 9.17) is 14.2 Å². The minimum absolute atomic E-state index is 0.130. The number of carbonyl (C=O) groups is 2. The van der Waals surface area contributed by atoms with Crippen molar-refractivity contribution in [2.45, 2.75) is 88.5 Å². The molecule has 292 valence electrons. The van der Waals surface area contributed by atoms with Crippen molar-refractivity contribution in [1.29, 1.82) is 0 Å². The highest BCUT2D eigenvalue weighted by Gasteiger charge is 2.35. The zero-order chi connectivity index (χ0) is 38.3. The van der Waals surface area contributed by atoms with Crippen LogP contribution >= 0.6 is 0 Å². The molecule has 0 radical (unpaired) electrons. The summed E-state index contributed by atoms with van der Waals surface area (Å²) in [6, 6.07) is 11.5. The Kier molecular flexibility index (Phi) is 10.6. The van der Waals surface area contributed by atoms with Gasteiger partial charge in [0.15, 0.2) is 0 Å². The number of ether oxygens (including phenoxy) is 3. The first-order chi connectivity index (χ1) is 26.7. The van der Waals surface area contributed by atoms with E-state index in [-0.39, 0.29) is 11.9 Å². The van der Waals surface area contributed by atoms with Crippen LogP contribution in [-0.2, 0) is 33.1 Å². The van der Waals surface area contributed by atoms with Gasteiger partial charge in [-0.15, -0.1) is 0 Å². The number of hydrogen-bond donors (Lipinski definition) is 1. The Morgan fingerprint density at radius 2 is 1.78 bits per heavy atom. The lowest BCUT2D eigenvalue weighted by atomic mass is 9.81. The van der Waals surface area contributed by atoms with Crippen LogP contribution in [0.2, 0.25) is 0 Å². The van der Waals surface area contributed by atoms with Gasteiger partial charge in [-0.2, -0.15) is 5.10 Å². The average molecular weight is 770 g/mol. The van der Waals surface area contributed by atoms with Gasteiger partial charge in [0.2, 0.25) is 10.0 Å². The number of allylic oxidation sites excluding steroid dienone is 1. The molecule has 2 aromatic heterocycles. The molecule has 1 atom stereocenters. The molecule has 8 rings (SSSR count). The Hall–Kier alpha value is -4.46. The molecule has 55 heavy (non-hydrogen) atoms. The third-order valence-corrected chi connectivity index (χ3v) is 13.8. The molecule has 4 heterocycles. The minimum atomic E-state index is -3.81. The van der Waals surface area contributed by atoms with Crippen LogP contribution in [-0.4, -0.2) is 90.9 Å². The maximum atomic E-state index is 14.5. The van der Waals surface area contributed by atoms with Crippen LogP contribution in [0.1, 0.15) is 108 Å². The molecule has 2 amide bonds. The van der Waals surface area contributed by atoms with Crippen LogP contribution in [0.25, 0.3) is 33.8 Å². The maximum Gasteiger partial charge on any atom is 0.264 e. The molecule has 3 fully saturated rings. The van der Waals surface area contributed by atoms with E-state index in [0.29, 0.717) is 80.8 Å². The largest absolute Gasteiger partial charge is 0.497 e. The Morgan fingerprint density at radius 1 is 1.00 bits per heavy atom. The molecule has 12 nitrogen and oxygen atoms in total. The zero-order valence-corrected chi connectivity index (χ0v) is 32.8. The number of methoxy groups -OCH3 is 1. The molecule has 2 saturated carbocycles. The van der Waals surface area contributed by atoms with Gasteiger partial charge in [0.1, 0.15) is 5.75 Å². The number of aromatic nitrogens is 3. The normalized spacial score (nSPS) is 19.5. The van der Waals surface area contributed by atoms with E-state index in [1.54, 1.807) is 24.1 Å². The summed E-state index contributed by atoms with van der Waals surface area (Å²) in [4.78, 5) is 30.1. The number of amides is 2. The number of rotatable bonds is 10. The monoisotopic (exact) mass is 769 g/mol. The van der Waals surface area contributed by atoms with Gasteiger partial charge in [0.05, 0.1) is 67.9 Å². The van der Waals surface area contributed by atoms with Crippen molar-refractivity contribution in [3.63, 3.8) is 0 Å². The van der Waals surface area contributed by atoms with Crippen molar-refractivity contribution in [2.24, 2.45) is 7.05 Å². The fraction of sp³-hybridized carbons (Fsp3) is 0.500. The molecule has 2 aliphatic carbocycles. The molecule has 13 heteroatoms. The van der Waals surface area contributed by atoms with Gasteiger partial charge in [-0.1, -0.05) is 38.2 Å². The maximum absolute atomic E-state index is 14.5. The van der Waals surface area contributed by atoms with Crippen LogP contribution in [0, 0.1) is 0 Å².